The van der Waals surface area contributed by atoms with Gasteiger partial charge in [0.2, 0.25) is 0 Å². The molecule has 1 atom stereocenters. The van der Waals surface area contributed by atoms with Gasteiger partial charge in [-0.2, -0.15) is 0 Å². The molecule has 1 aliphatic rings. The van der Waals surface area contributed by atoms with Crippen molar-refractivity contribution in [1.82, 2.24) is 10.1 Å². The van der Waals surface area contributed by atoms with Crippen LogP contribution in [0.1, 0.15) is 36.0 Å². The number of methoxy groups -OCH3 is 1. The lowest BCUT2D eigenvalue weighted by atomic mass is 10.2. The molecular formula is C19H23ClN2O5. The molecule has 0 spiro atoms. The van der Waals surface area contributed by atoms with Crippen LogP contribution in [-0.4, -0.2) is 48.9 Å². The second kappa shape index (κ2) is 9.10. The summed E-state index contributed by atoms with van der Waals surface area (Å²) in [5.41, 5.74) is 0.259. The van der Waals surface area contributed by atoms with Crippen molar-refractivity contribution in [2.24, 2.45) is 0 Å². The molecule has 0 radical (unpaired) electrons. The Labute approximate surface area is 163 Å². The third-order valence-electron chi connectivity index (χ3n) is 4.40. The van der Waals surface area contributed by atoms with Crippen LogP contribution >= 0.6 is 11.6 Å². The number of aromatic nitrogens is 1. The minimum atomic E-state index is -0.175. The Morgan fingerprint density at radius 2 is 2.26 bits per heavy atom. The third kappa shape index (κ3) is 4.93. The SMILES string of the molecule is CCN(C[C@@H]1CCCO1)C(=O)c1cc(COc2ccc(OC)cc2Cl)on1. The van der Waals surface area contributed by atoms with Crippen LogP contribution in [-0.2, 0) is 11.3 Å². The standard InChI is InChI=1S/C19H23ClN2O5/c1-3-22(11-14-5-4-8-25-14)19(23)17-10-15(27-21-17)12-26-18-7-6-13(24-2)9-16(18)20/h6-7,9-10,14H,3-5,8,11-12H2,1-2H3/t14-/m0/s1. The van der Waals surface area contributed by atoms with Crippen LogP contribution in [0.3, 0.4) is 0 Å². The summed E-state index contributed by atoms with van der Waals surface area (Å²) in [6.45, 7) is 3.96. The highest BCUT2D eigenvalue weighted by Gasteiger charge is 2.24. The van der Waals surface area contributed by atoms with Crippen LogP contribution in [0.2, 0.25) is 5.02 Å². The fraction of sp³-hybridized carbons (Fsp3) is 0.474. The zero-order valence-electron chi connectivity index (χ0n) is 15.4. The van der Waals surface area contributed by atoms with E-state index in [1.54, 1.807) is 36.3 Å². The van der Waals surface area contributed by atoms with Crippen molar-refractivity contribution in [3.8, 4) is 11.5 Å². The Balaban J connectivity index is 1.59. The molecule has 7 nitrogen and oxygen atoms in total. The van der Waals surface area contributed by atoms with Gasteiger partial charge in [-0.25, -0.2) is 0 Å². The van der Waals surface area contributed by atoms with Crippen LogP contribution in [0.25, 0.3) is 0 Å². The Kier molecular flexibility index (Phi) is 6.58. The Morgan fingerprint density at radius 3 is 2.93 bits per heavy atom. The summed E-state index contributed by atoms with van der Waals surface area (Å²) in [5.74, 6) is 1.41. The summed E-state index contributed by atoms with van der Waals surface area (Å²) >= 11 is 6.15. The first-order valence-corrected chi connectivity index (χ1v) is 9.31. The average Bonchev–Trinajstić information content (AvgIpc) is 3.36. The number of likely N-dealkylation sites (N-methyl/N-ethyl adjacent to an activating group) is 1. The Bertz CT molecular complexity index is 773. The first-order chi connectivity index (χ1) is 13.1. The van der Waals surface area contributed by atoms with Crippen LogP contribution in [0.4, 0.5) is 0 Å². The number of nitrogens with zero attached hydrogens (tertiary/aromatic N) is 2. The minimum absolute atomic E-state index is 0.0980. The predicted molar refractivity (Wildman–Crippen MR) is 99.4 cm³/mol. The summed E-state index contributed by atoms with van der Waals surface area (Å²) in [5, 5.41) is 4.31. The molecule has 1 amide bonds. The van der Waals surface area contributed by atoms with Crippen LogP contribution in [0, 0.1) is 0 Å². The second-order valence-electron chi connectivity index (χ2n) is 6.24. The molecule has 1 saturated heterocycles. The highest BCUT2D eigenvalue weighted by Crippen LogP contribution is 2.29. The number of benzene rings is 1. The van der Waals surface area contributed by atoms with Crippen LogP contribution in [0.15, 0.2) is 28.8 Å². The maximum atomic E-state index is 12.6. The highest BCUT2D eigenvalue weighted by atomic mass is 35.5. The number of rotatable bonds is 8. The van der Waals surface area contributed by atoms with Crippen molar-refractivity contribution in [3.63, 3.8) is 0 Å². The van der Waals surface area contributed by atoms with Gasteiger partial charge in [-0.05, 0) is 31.9 Å². The lowest BCUT2D eigenvalue weighted by Gasteiger charge is -2.22. The van der Waals surface area contributed by atoms with Crippen molar-refractivity contribution in [3.05, 3.63) is 40.7 Å². The van der Waals surface area contributed by atoms with Gasteiger partial charge in [0.05, 0.1) is 18.2 Å². The molecule has 0 bridgehead atoms. The van der Waals surface area contributed by atoms with E-state index in [0.717, 1.165) is 19.4 Å². The quantitative estimate of drug-likeness (QED) is 0.681. The summed E-state index contributed by atoms with van der Waals surface area (Å²) in [6.07, 6.45) is 2.11. The van der Waals surface area contributed by atoms with Gasteiger partial charge in [-0.15, -0.1) is 0 Å². The van der Waals surface area contributed by atoms with Crippen molar-refractivity contribution >= 4 is 17.5 Å². The van der Waals surface area contributed by atoms with E-state index in [1.165, 1.54) is 0 Å². The van der Waals surface area contributed by atoms with Gasteiger partial charge < -0.3 is 23.6 Å². The smallest absolute Gasteiger partial charge is 0.276 e. The van der Waals surface area contributed by atoms with E-state index in [1.807, 2.05) is 6.92 Å². The molecule has 2 heterocycles. The lowest BCUT2D eigenvalue weighted by Crippen LogP contribution is -2.37. The number of ether oxygens (including phenoxy) is 3. The molecular weight excluding hydrogens is 372 g/mol. The number of carbonyl (C=O) groups excluding carboxylic acids is 1. The lowest BCUT2D eigenvalue weighted by molar-refractivity contribution is 0.0531. The zero-order chi connectivity index (χ0) is 19.2. The van der Waals surface area contributed by atoms with E-state index in [9.17, 15) is 4.79 Å². The fourth-order valence-electron chi connectivity index (χ4n) is 2.91. The van der Waals surface area contributed by atoms with Crippen molar-refractivity contribution in [2.75, 3.05) is 26.8 Å². The number of amides is 1. The zero-order valence-corrected chi connectivity index (χ0v) is 16.2. The summed E-state index contributed by atoms with van der Waals surface area (Å²) < 4.78 is 21.6. The van der Waals surface area contributed by atoms with Gasteiger partial charge in [0.1, 0.15) is 18.1 Å². The van der Waals surface area contributed by atoms with Gasteiger partial charge in [-0.1, -0.05) is 16.8 Å². The second-order valence-corrected chi connectivity index (χ2v) is 6.65. The van der Waals surface area contributed by atoms with E-state index in [0.29, 0.717) is 35.4 Å². The topological polar surface area (TPSA) is 74.0 Å². The van der Waals surface area contributed by atoms with Crippen molar-refractivity contribution in [2.45, 2.75) is 32.5 Å². The fourth-order valence-corrected chi connectivity index (χ4v) is 3.13. The van der Waals surface area contributed by atoms with E-state index in [2.05, 4.69) is 5.16 Å². The molecule has 1 fully saturated rings. The van der Waals surface area contributed by atoms with Crippen molar-refractivity contribution in [1.29, 1.82) is 0 Å². The number of halogens is 1. The molecule has 1 aromatic heterocycles. The maximum absolute atomic E-state index is 12.6. The molecule has 0 aliphatic carbocycles. The maximum Gasteiger partial charge on any atom is 0.276 e. The molecule has 2 aromatic rings. The van der Waals surface area contributed by atoms with Crippen molar-refractivity contribution < 1.29 is 23.5 Å². The molecule has 146 valence electrons. The minimum Gasteiger partial charge on any atom is -0.497 e. The molecule has 8 heteroatoms. The van der Waals surface area contributed by atoms with E-state index >= 15 is 0 Å². The van der Waals surface area contributed by atoms with Gasteiger partial charge in [0.15, 0.2) is 11.5 Å². The van der Waals surface area contributed by atoms with Gasteiger partial charge >= 0.3 is 0 Å². The normalized spacial score (nSPS) is 16.3. The van der Waals surface area contributed by atoms with Gasteiger partial charge in [0.25, 0.3) is 5.91 Å². The van der Waals surface area contributed by atoms with Gasteiger partial charge in [0, 0.05) is 31.8 Å². The summed E-state index contributed by atoms with van der Waals surface area (Å²) in [4.78, 5) is 14.4. The molecule has 27 heavy (non-hydrogen) atoms. The first-order valence-electron chi connectivity index (χ1n) is 8.93. The molecule has 1 aliphatic heterocycles. The monoisotopic (exact) mass is 394 g/mol. The molecule has 0 unspecified atom stereocenters. The molecule has 0 saturated carbocycles. The molecule has 3 rings (SSSR count). The first kappa shape index (κ1) is 19.5. The number of carbonyl (C=O) groups is 1. The summed E-state index contributed by atoms with van der Waals surface area (Å²) in [7, 11) is 1.57. The number of hydrogen-bond donors (Lipinski definition) is 0. The predicted octanol–water partition coefficient (Wildman–Crippen LogP) is 3.56. The molecule has 0 N–H and O–H groups in total. The Morgan fingerprint density at radius 1 is 1.41 bits per heavy atom. The Hall–Kier alpha value is -2.25. The molecule has 1 aromatic carbocycles. The largest absolute Gasteiger partial charge is 0.497 e. The summed E-state index contributed by atoms with van der Waals surface area (Å²) in [6, 6.07) is 6.72. The van der Waals surface area contributed by atoms with Crippen LogP contribution < -0.4 is 9.47 Å². The third-order valence-corrected chi connectivity index (χ3v) is 4.70. The highest BCUT2D eigenvalue weighted by molar-refractivity contribution is 6.32. The van der Waals surface area contributed by atoms with E-state index in [-0.39, 0.29) is 24.3 Å². The van der Waals surface area contributed by atoms with E-state index in [4.69, 9.17) is 30.3 Å². The van der Waals surface area contributed by atoms with Crippen LogP contribution in [0.5, 0.6) is 11.5 Å². The van der Waals surface area contributed by atoms with Gasteiger partial charge in [-0.3, -0.25) is 4.79 Å². The number of hydrogen-bond acceptors (Lipinski definition) is 6. The average molecular weight is 395 g/mol. The van der Waals surface area contributed by atoms with E-state index < -0.39 is 0 Å².